The maximum Gasteiger partial charge on any atom is 0.00530 e. The molecule has 0 unspecified atom stereocenters. The van der Waals surface area contributed by atoms with Gasteiger partial charge in [-0.05, 0) is 10.8 Å². The first-order chi connectivity index (χ1) is 3.65. The van der Waals surface area contributed by atoms with Crippen LogP contribution in [-0.2, 0) is 0 Å². The summed E-state index contributed by atoms with van der Waals surface area (Å²) >= 11 is 4.69. The molecule has 0 saturated heterocycles. The van der Waals surface area contributed by atoms with Crippen molar-refractivity contribution in [2.75, 3.05) is 4.43 Å². The van der Waals surface area contributed by atoms with Crippen molar-refractivity contribution in [1.82, 2.24) is 0 Å². The summed E-state index contributed by atoms with van der Waals surface area (Å²) < 4.78 is 2.09. The third-order valence-corrected chi connectivity index (χ3v) is 1.27. The number of hydrogen-bond donors (Lipinski definition) is 0. The zero-order valence-electron chi connectivity index (χ0n) is 5.75. The van der Waals surface area contributed by atoms with E-state index in [-0.39, 0.29) is 0 Å². The van der Waals surface area contributed by atoms with Crippen molar-refractivity contribution in [1.29, 1.82) is 0 Å². The second kappa shape index (κ2) is 11.3. The van der Waals surface area contributed by atoms with Gasteiger partial charge in [0, 0.05) is 3.92 Å². The van der Waals surface area contributed by atoms with E-state index in [1.807, 2.05) is 0 Å². The average Bonchev–Trinajstić information content (AvgIpc) is 1.65. The fraction of sp³-hybridized carbons (Fsp3) is 1.00. The second-order valence-corrected chi connectivity index (χ2v) is 5.27. The second-order valence-electron chi connectivity index (χ2n) is 1.70. The first kappa shape index (κ1) is 12.2. The van der Waals surface area contributed by atoms with Crippen LogP contribution < -0.4 is 0 Å². The molecule has 52 valence electrons. The Hall–Kier alpha value is 1.46. The first-order valence-electron chi connectivity index (χ1n) is 2.85. The van der Waals surface area contributed by atoms with Gasteiger partial charge in [0.25, 0.3) is 0 Å². The third kappa shape index (κ3) is 51.4. The van der Waals surface area contributed by atoms with Gasteiger partial charge in [0.2, 0.25) is 0 Å². The molecule has 0 N–H and O–H groups in total. The van der Waals surface area contributed by atoms with E-state index in [2.05, 4.69) is 66.0 Å². The summed E-state index contributed by atoms with van der Waals surface area (Å²) in [6.07, 6.45) is 1.31. The smallest absolute Gasteiger partial charge is 0.00530 e. The molecule has 0 aliphatic heterocycles. The molecule has 0 nitrogen and oxygen atoms in total. The molecule has 0 rings (SSSR count). The minimum atomic E-state index is 0.803. The van der Waals surface area contributed by atoms with Crippen molar-refractivity contribution >= 4 is 45.2 Å². The van der Waals surface area contributed by atoms with Crippen LogP contribution >= 0.6 is 45.2 Å². The Bertz CT molecular complexity index is 23.0. The van der Waals surface area contributed by atoms with Crippen LogP contribution in [0.3, 0.4) is 0 Å². The molecule has 8 heavy (non-hydrogen) atoms. The van der Waals surface area contributed by atoms with Crippen LogP contribution in [0.4, 0.5) is 0 Å². The maximum absolute atomic E-state index is 2.35. The topological polar surface area (TPSA) is 0 Å². The molecule has 0 aromatic heterocycles. The van der Waals surface area contributed by atoms with Gasteiger partial charge in [0.1, 0.15) is 0 Å². The van der Waals surface area contributed by atoms with Crippen molar-refractivity contribution in [3.05, 3.63) is 0 Å². The Labute approximate surface area is 80.1 Å². The number of hydrogen-bond acceptors (Lipinski definition) is 0. The fourth-order valence-electron chi connectivity index (χ4n) is 0. The lowest BCUT2D eigenvalue weighted by Crippen LogP contribution is -1.69. The molecule has 0 bridgehead atoms. The molecule has 0 heterocycles. The Morgan fingerprint density at radius 1 is 1.38 bits per heavy atom. The standard InChI is InChI=1S/2C3H7I/c1-3(2)4;1-2-3-4/h3H,1-2H3;2-3H2,1H3. The number of alkyl halides is 2. The van der Waals surface area contributed by atoms with Crippen molar-refractivity contribution < 1.29 is 0 Å². The highest BCUT2D eigenvalue weighted by atomic mass is 127. The van der Waals surface area contributed by atoms with Gasteiger partial charge in [-0.25, -0.2) is 0 Å². The van der Waals surface area contributed by atoms with E-state index < -0.39 is 0 Å². The van der Waals surface area contributed by atoms with Crippen molar-refractivity contribution in [2.45, 2.75) is 31.1 Å². The molecule has 0 aliphatic carbocycles. The van der Waals surface area contributed by atoms with E-state index in [1.165, 1.54) is 10.8 Å². The molecule has 0 saturated carbocycles. The maximum atomic E-state index is 2.35. The summed E-state index contributed by atoms with van der Waals surface area (Å²) in [5.74, 6) is 0. The van der Waals surface area contributed by atoms with Crippen molar-refractivity contribution in [2.24, 2.45) is 0 Å². The predicted molar refractivity (Wildman–Crippen MR) is 58.3 cm³/mol. The molecule has 0 atom stereocenters. The fourth-order valence-corrected chi connectivity index (χ4v) is 0. The summed E-state index contributed by atoms with van der Waals surface area (Å²) in [4.78, 5) is 0. The highest BCUT2D eigenvalue weighted by Gasteiger charge is 1.70. The SMILES string of the molecule is CC(C)I.CCCI. The van der Waals surface area contributed by atoms with Gasteiger partial charge >= 0.3 is 0 Å². The summed E-state index contributed by atoms with van der Waals surface area (Å²) in [7, 11) is 0. The van der Waals surface area contributed by atoms with Crippen molar-refractivity contribution in [3.8, 4) is 0 Å². The highest BCUT2D eigenvalue weighted by Crippen LogP contribution is 1.91. The Kier molecular flexibility index (Phi) is 17.2. The lowest BCUT2D eigenvalue weighted by atomic mass is 10.6. The molecule has 0 spiro atoms. The van der Waals surface area contributed by atoms with Gasteiger partial charge in [0.05, 0.1) is 0 Å². The van der Waals surface area contributed by atoms with E-state index in [1.54, 1.807) is 0 Å². The van der Waals surface area contributed by atoms with E-state index in [0.717, 1.165) is 3.92 Å². The zero-order chi connectivity index (χ0) is 6.99. The van der Waals surface area contributed by atoms with Crippen LogP contribution in [0.15, 0.2) is 0 Å². The predicted octanol–water partition coefficient (Wildman–Crippen LogP) is 3.66. The Morgan fingerprint density at radius 3 is 1.50 bits per heavy atom. The van der Waals surface area contributed by atoms with E-state index in [4.69, 9.17) is 0 Å². The molecule has 0 amide bonds. The van der Waals surface area contributed by atoms with Crippen LogP contribution in [0.1, 0.15) is 27.2 Å². The molecule has 0 aromatic rings. The normalized spacial score (nSPS) is 8.25. The largest absolute Gasteiger partial charge is 0.0864 e. The van der Waals surface area contributed by atoms with Gasteiger partial charge in [-0.2, -0.15) is 0 Å². The highest BCUT2D eigenvalue weighted by molar-refractivity contribution is 14.1. The van der Waals surface area contributed by atoms with Crippen LogP contribution in [-0.4, -0.2) is 8.35 Å². The lowest BCUT2D eigenvalue weighted by molar-refractivity contribution is 1.13. The summed E-state index contributed by atoms with van der Waals surface area (Å²) in [6.45, 7) is 6.48. The number of halogens is 2. The Morgan fingerprint density at radius 2 is 1.50 bits per heavy atom. The molecular formula is C6H14I2. The van der Waals surface area contributed by atoms with Gasteiger partial charge in [-0.3, -0.25) is 0 Å². The molecule has 0 aliphatic rings. The zero-order valence-corrected chi connectivity index (χ0v) is 10.1. The van der Waals surface area contributed by atoms with E-state index in [9.17, 15) is 0 Å². The lowest BCUT2D eigenvalue weighted by Gasteiger charge is -1.76. The molecule has 0 radical (unpaired) electrons. The van der Waals surface area contributed by atoms with Crippen LogP contribution in [0.2, 0.25) is 0 Å². The molecule has 0 fully saturated rings. The third-order valence-electron chi connectivity index (χ3n) is 0.189. The van der Waals surface area contributed by atoms with Gasteiger partial charge < -0.3 is 0 Å². The number of rotatable bonds is 1. The monoisotopic (exact) mass is 340 g/mol. The minimum Gasteiger partial charge on any atom is -0.0864 e. The van der Waals surface area contributed by atoms with Gasteiger partial charge in [0.15, 0.2) is 0 Å². The summed E-state index contributed by atoms with van der Waals surface area (Å²) in [6, 6.07) is 0. The summed E-state index contributed by atoms with van der Waals surface area (Å²) in [5, 5.41) is 0. The quantitative estimate of drug-likeness (QED) is 0.505. The Balaban J connectivity index is 0. The van der Waals surface area contributed by atoms with Gasteiger partial charge in [-0.1, -0.05) is 66.0 Å². The minimum absolute atomic E-state index is 0.803. The van der Waals surface area contributed by atoms with Gasteiger partial charge in [-0.15, -0.1) is 0 Å². The van der Waals surface area contributed by atoms with E-state index in [0.29, 0.717) is 0 Å². The van der Waals surface area contributed by atoms with Crippen molar-refractivity contribution in [3.63, 3.8) is 0 Å². The molecule has 0 aromatic carbocycles. The van der Waals surface area contributed by atoms with Crippen LogP contribution in [0, 0.1) is 0 Å². The van der Waals surface area contributed by atoms with Crippen LogP contribution in [0.25, 0.3) is 0 Å². The molecule has 2 heteroatoms. The summed E-state index contributed by atoms with van der Waals surface area (Å²) in [5.41, 5.74) is 0. The first-order valence-corrected chi connectivity index (χ1v) is 5.62. The van der Waals surface area contributed by atoms with Crippen LogP contribution in [0.5, 0.6) is 0 Å². The van der Waals surface area contributed by atoms with E-state index >= 15 is 0 Å². The molecular weight excluding hydrogens is 326 g/mol. The average molecular weight is 340 g/mol.